The molecule has 0 saturated heterocycles. The number of nitro groups is 1. The van der Waals surface area contributed by atoms with Crippen LogP contribution in [0.3, 0.4) is 0 Å². The molecule has 0 saturated carbocycles. The molecule has 9 heteroatoms. The van der Waals surface area contributed by atoms with E-state index in [1.807, 2.05) is 0 Å². The minimum Gasteiger partial charge on any atom is -0.463 e. The lowest BCUT2D eigenvalue weighted by Gasteiger charge is -2.15. The maximum absolute atomic E-state index is 12.9. The molecular formula is C23H17N3O6. The van der Waals surface area contributed by atoms with E-state index in [0.29, 0.717) is 22.4 Å². The van der Waals surface area contributed by atoms with Crippen LogP contribution < -0.4 is 5.32 Å². The lowest BCUT2D eigenvalue weighted by atomic mass is 10.1. The average Bonchev–Trinajstić information content (AvgIpc) is 3.33. The highest BCUT2D eigenvalue weighted by atomic mass is 16.6. The van der Waals surface area contributed by atoms with Crippen molar-refractivity contribution in [1.82, 2.24) is 4.98 Å². The number of pyridine rings is 1. The molecule has 4 aromatic rings. The first-order valence-electron chi connectivity index (χ1n) is 9.62. The number of carbonyl (C=O) groups excluding carboxylic acids is 2. The zero-order valence-electron chi connectivity index (χ0n) is 16.8. The van der Waals surface area contributed by atoms with Gasteiger partial charge in [0.2, 0.25) is 0 Å². The number of nitrogens with one attached hydrogen (secondary N) is 1. The van der Waals surface area contributed by atoms with Gasteiger partial charge in [-0.25, -0.2) is 9.78 Å². The fraction of sp³-hybridized carbons (Fsp3) is 0.0870. The zero-order chi connectivity index (χ0) is 22.7. The van der Waals surface area contributed by atoms with Crippen LogP contribution in [0.25, 0.3) is 22.4 Å². The van der Waals surface area contributed by atoms with Gasteiger partial charge in [-0.3, -0.25) is 14.9 Å². The van der Waals surface area contributed by atoms with E-state index in [0.717, 1.165) is 0 Å². The Morgan fingerprint density at radius 2 is 1.91 bits per heavy atom. The van der Waals surface area contributed by atoms with Crippen molar-refractivity contribution < 1.29 is 23.7 Å². The number of anilines is 1. The predicted octanol–water partition coefficient (Wildman–Crippen LogP) is 4.59. The van der Waals surface area contributed by atoms with E-state index < -0.39 is 22.9 Å². The van der Waals surface area contributed by atoms with Crippen LogP contribution in [0, 0.1) is 10.1 Å². The summed E-state index contributed by atoms with van der Waals surface area (Å²) in [6.07, 6.45) is 0.352. The molecule has 1 N–H and O–H groups in total. The molecule has 160 valence electrons. The summed E-state index contributed by atoms with van der Waals surface area (Å²) in [4.78, 5) is 40.3. The topological polar surface area (TPSA) is 125 Å². The van der Waals surface area contributed by atoms with Crippen LogP contribution in [0.15, 0.2) is 77.4 Å². The Morgan fingerprint density at radius 3 is 2.66 bits per heavy atom. The highest BCUT2D eigenvalue weighted by Crippen LogP contribution is 2.26. The minimum absolute atomic E-state index is 0.166. The quantitative estimate of drug-likeness (QED) is 0.269. The normalized spacial score (nSPS) is 11.7. The van der Waals surface area contributed by atoms with Gasteiger partial charge in [0, 0.05) is 23.2 Å². The van der Waals surface area contributed by atoms with Gasteiger partial charge in [0.05, 0.1) is 22.3 Å². The van der Waals surface area contributed by atoms with Gasteiger partial charge in [0.15, 0.2) is 11.9 Å². The first kappa shape index (κ1) is 20.7. The van der Waals surface area contributed by atoms with Crippen molar-refractivity contribution in [3.8, 4) is 11.5 Å². The van der Waals surface area contributed by atoms with Crippen molar-refractivity contribution in [1.29, 1.82) is 0 Å². The molecule has 0 bridgehead atoms. The molecular weight excluding hydrogens is 414 g/mol. The Morgan fingerprint density at radius 1 is 1.09 bits per heavy atom. The van der Waals surface area contributed by atoms with Crippen LogP contribution in [0.5, 0.6) is 0 Å². The second-order valence-electron chi connectivity index (χ2n) is 6.89. The van der Waals surface area contributed by atoms with Gasteiger partial charge >= 0.3 is 5.97 Å². The number of non-ortho nitro benzene ring substituents is 1. The fourth-order valence-electron chi connectivity index (χ4n) is 3.11. The minimum atomic E-state index is -1.15. The predicted molar refractivity (Wildman–Crippen MR) is 116 cm³/mol. The van der Waals surface area contributed by atoms with Gasteiger partial charge in [0.25, 0.3) is 11.6 Å². The van der Waals surface area contributed by atoms with Crippen molar-refractivity contribution in [2.24, 2.45) is 0 Å². The molecule has 1 unspecified atom stereocenters. The van der Waals surface area contributed by atoms with Crippen molar-refractivity contribution in [3.05, 3.63) is 88.7 Å². The summed E-state index contributed by atoms with van der Waals surface area (Å²) >= 11 is 0. The number of amides is 1. The van der Waals surface area contributed by atoms with Gasteiger partial charge in [-0.05, 0) is 37.3 Å². The van der Waals surface area contributed by atoms with E-state index in [9.17, 15) is 19.7 Å². The molecule has 0 spiro atoms. The van der Waals surface area contributed by atoms with Gasteiger partial charge < -0.3 is 14.5 Å². The van der Waals surface area contributed by atoms with E-state index >= 15 is 0 Å². The van der Waals surface area contributed by atoms with Gasteiger partial charge in [0.1, 0.15) is 5.69 Å². The molecule has 0 aliphatic heterocycles. The number of rotatable bonds is 6. The molecule has 2 heterocycles. The van der Waals surface area contributed by atoms with Crippen molar-refractivity contribution in [3.63, 3.8) is 0 Å². The summed E-state index contributed by atoms with van der Waals surface area (Å²) in [7, 11) is 0. The van der Waals surface area contributed by atoms with Crippen LogP contribution in [-0.4, -0.2) is 27.9 Å². The molecule has 0 aliphatic rings. The van der Waals surface area contributed by atoms with Crippen LogP contribution in [0.4, 0.5) is 11.4 Å². The lowest BCUT2D eigenvalue weighted by Crippen LogP contribution is -2.30. The molecule has 0 fully saturated rings. The van der Waals surface area contributed by atoms with Crippen molar-refractivity contribution >= 4 is 34.2 Å². The van der Waals surface area contributed by atoms with Gasteiger partial charge in [-0.2, -0.15) is 0 Å². The summed E-state index contributed by atoms with van der Waals surface area (Å²) in [5.74, 6) is -0.845. The van der Waals surface area contributed by atoms with E-state index in [1.54, 1.807) is 42.5 Å². The number of esters is 1. The summed E-state index contributed by atoms with van der Waals surface area (Å²) in [6.45, 7) is 1.42. The Labute approximate surface area is 181 Å². The highest BCUT2D eigenvalue weighted by molar-refractivity contribution is 6.05. The van der Waals surface area contributed by atoms with Gasteiger partial charge in [-0.15, -0.1) is 0 Å². The molecule has 2 aromatic carbocycles. The summed E-state index contributed by atoms with van der Waals surface area (Å²) in [5.41, 5.74) is 1.32. The third kappa shape index (κ3) is 4.31. The monoisotopic (exact) mass is 431 g/mol. The van der Waals surface area contributed by atoms with Crippen LogP contribution >= 0.6 is 0 Å². The molecule has 1 amide bonds. The summed E-state index contributed by atoms with van der Waals surface area (Å²) in [6, 6.07) is 17.5. The Bertz CT molecular complexity index is 1320. The van der Waals surface area contributed by atoms with Crippen LogP contribution in [0.1, 0.15) is 17.3 Å². The molecule has 0 radical (unpaired) electrons. The average molecular weight is 431 g/mol. The molecule has 32 heavy (non-hydrogen) atoms. The molecule has 2 aromatic heterocycles. The standard InChI is InChI=1S/C23H17N3O6/c1-14(22(27)24-15-6-4-7-16(12-15)26(29)30)32-23(28)18-13-20(21-10-5-11-31-21)25-19-9-3-2-8-17(18)19/h2-14H,1H3,(H,24,27). The Hall–Kier alpha value is -4.53. The number of aromatic nitrogens is 1. The van der Waals surface area contributed by atoms with Gasteiger partial charge in [-0.1, -0.05) is 24.3 Å². The molecule has 4 rings (SSSR count). The number of hydrogen-bond donors (Lipinski definition) is 1. The number of ether oxygens (including phenoxy) is 1. The number of nitro benzene ring substituents is 1. The Balaban J connectivity index is 1.56. The van der Waals surface area contributed by atoms with E-state index in [2.05, 4.69) is 10.3 Å². The van der Waals surface area contributed by atoms with Crippen molar-refractivity contribution in [2.75, 3.05) is 5.32 Å². The van der Waals surface area contributed by atoms with Crippen LogP contribution in [-0.2, 0) is 9.53 Å². The number of benzene rings is 2. The van der Waals surface area contributed by atoms with Crippen LogP contribution in [0.2, 0.25) is 0 Å². The second-order valence-corrected chi connectivity index (χ2v) is 6.89. The number of para-hydroxylation sites is 1. The molecule has 1 atom stereocenters. The number of hydrogen-bond acceptors (Lipinski definition) is 7. The number of furan rings is 1. The Kier molecular flexibility index (Phi) is 5.63. The van der Waals surface area contributed by atoms with E-state index in [1.165, 1.54) is 37.5 Å². The lowest BCUT2D eigenvalue weighted by molar-refractivity contribution is -0.384. The number of fused-ring (bicyclic) bond motifs is 1. The SMILES string of the molecule is CC(OC(=O)c1cc(-c2ccco2)nc2ccccc12)C(=O)Nc1cccc([N+](=O)[O-])c1. The maximum atomic E-state index is 12.9. The van der Waals surface area contributed by atoms with E-state index in [4.69, 9.17) is 9.15 Å². The first-order chi connectivity index (χ1) is 15.4. The second kappa shape index (κ2) is 8.68. The third-order valence-corrected chi connectivity index (χ3v) is 4.69. The highest BCUT2D eigenvalue weighted by Gasteiger charge is 2.22. The third-order valence-electron chi connectivity index (χ3n) is 4.69. The summed E-state index contributed by atoms with van der Waals surface area (Å²) < 4.78 is 10.8. The molecule has 0 aliphatic carbocycles. The largest absolute Gasteiger partial charge is 0.463 e. The number of nitrogens with zero attached hydrogens (tertiary/aromatic N) is 2. The van der Waals surface area contributed by atoms with E-state index in [-0.39, 0.29) is 16.9 Å². The smallest absolute Gasteiger partial charge is 0.339 e. The zero-order valence-corrected chi connectivity index (χ0v) is 16.8. The maximum Gasteiger partial charge on any atom is 0.339 e. The fourth-order valence-corrected chi connectivity index (χ4v) is 3.11. The number of carbonyl (C=O) groups is 2. The first-order valence-corrected chi connectivity index (χ1v) is 9.62. The summed E-state index contributed by atoms with van der Waals surface area (Å²) in [5, 5.41) is 14.0. The van der Waals surface area contributed by atoms with Crippen molar-refractivity contribution in [2.45, 2.75) is 13.0 Å². The molecule has 9 nitrogen and oxygen atoms in total.